The lowest BCUT2D eigenvalue weighted by atomic mass is 10.2. The van der Waals surface area contributed by atoms with Crippen LogP contribution in [0.3, 0.4) is 0 Å². The molecule has 1 aromatic carbocycles. The molecular formula is C12H16N2O3. The highest BCUT2D eigenvalue weighted by molar-refractivity contribution is 5.96. The van der Waals surface area contributed by atoms with E-state index in [1.165, 1.54) is 0 Å². The molecule has 92 valence electrons. The molecule has 5 heteroatoms. The van der Waals surface area contributed by atoms with Crippen molar-refractivity contribution in [3.63, 3.8) is 0 Å². The van der Waals surface area contributed by atoms with E-state index >= 15 is 0 Å². The van der Waals surface area contributed by atoms with Gasteiger partial charge in [-0.05, 0) is 26.0 Å². The van der Waals surface area contributed by atoms with Crippen LogP contribution in [0.25, 0.3) is 0 Å². The van der Waals surface area contributed by atoms with Crippen molar-refractivity contribution in [2.24, 2.45) is 0 Å². The average molecular weight is 236 g/mol. The van der Waals surface area contributed by atoms with Crippen molar-refractivity contribution in [3.05, 3.63) is 29.8 Å². The summed E-state index contributed by atoms with van der Waals surface area (Å²) in [4.78, 5) is 22.8. The predicted octanol–water partition coefficient (Wildman–Crippen LogP) is 0.950. The molecule has 0 aliphatic carbocycles. The highest BCUT2D eigenvalue weighted by Crippen LogP contribution is 2.11. The Labute approximate surface area is 99.9 Å². The Balaban J connectivity index is 2.51. The van der Waals surface area contributed by atoms with Gasteiger partial charge in [0, 0.05) is 11.7 Å². The Morgan fingerprint density at radius 2 is 2.00 bits per heavy atom. The minimum atomic E-state index is -0.595. The second-order valence-electron chi connectivity index (χ2n) is 3.89. The molecule has 0 fully saturated rings. The molecule has 0 heterocycles. The zero-order valence-electron chi connectivity index (χ0n) is 9.90. The van der Waals surface area contributed by atoms with E-state index in [9.17, 15) is 9.59 Å². The first-order valence-electron chi connectivity index (χ1n) is 5.31. The monoisotopic (exact) mass is 236 g/mol. The van der Waals surface area contributed by atoms with Crippen LogP contribution in [0.15, 0.2) is 24.3 Å². The fourth-order valence-electron chi connectivity index (χ4n) is 1.26. The van der Waals surface area contributed by atoms with Gasteiger partial charge in [-0.2, -0.15) is 0 Å². The van der Waals surface area contributed by atoms with Crippen LogP contribution in [0.1, 0.15) is 24.2 Å². The molecule has 0 aliphatic rings. The van der Waals surface area contributed by atoms with Gasteiger partial charge in [0.2, 0.25) is 0 Å². The first-order chi connectivity index (χ1) is 8.00. The summed E-state index contributed by atoms with van der Waals surface area (Å²) < 4.78 is 4.84. The first kappa shape index (κ1) is 13.0. The molecule has 1 amide bonds. The number of carbonyl (C=O) groups is 2. The number of nitrogen functional groups attached to an aromatic ring is 1. The fraction of sp³-hybridized carbons (Fsp3) is 0.333. The van der Waals surface area contributed by atoms with E-state index in [0.717, 1.165) is 0 Å². The van der Waals surface area contributed by atoms with Gasteiger partial charge in [0.15, 0.2) is 6.61 Å². The number of anilines is 1. The Kier molecular flexibility index (Phi) is 4.51. The molecule has 1 rings (SSSR count). The van der Waals surface area contributed by atoms with E-state index < -0.39 is 5.97 Å². The van der Waals surface area contributed by atoms with Crippen LogP contribution >= 0.6 is 0 Å². The SMILES string of the molecule is CC(C)NC(=O)COC(=O)c1ccccc1N. The Bertz CT molecular complexity index is 416. The third kappa shape index (κ3) is 4.14. The highest BCUT2D eigenvalue weighted by Gasteiger charge is 2.12. The van der Waals surface area contributed by atoms with Gasteiger partial charge in [-0.25, -0.2) is 4.79 Å². The molecule has 0 aromatic heterocycles. The van der Waals surface area contributed by atoms with Crippen molar-refractivity contribution in [1.82, 2.24) is 5.32 Å². The number of nitrogens with one attached hydrogen (secondary N) is 1. The van der Waals surface area contributed by atoms with E-state index in [2.05, 4.69) is 5.32 Å². The number of benzene rings is 1. The zero-order chi connectivity index (χ0) is 12.8. The van der Waals surface area contributed by atoms with Crippen LogP contribution < -0.4 is 11.1 Å². The van der Waals surface area contributed by atoms with Gasteiger partial charge in [0.05, 0.1) is 5.56 Å². The summed E-state index contributed by atoms with van der Waals surface area (Å²) in [6.45, 7) is 3.36. The number of para-hydroxylation sites is 1. The Hall–Kier alpha value is -2.04. The number of esters is 1. The number of rotatable bonds is 4. The minimum Gasteiger partial charge on any atom is -0.452 e. The third-order valence-corrected chi connectivity index (χ3v) is 1.96. The first-order valence-corrected chi connectivity index (χ1v) is 5.31. The third-order valence-electron chi connectivity index (χ3n) is 1.96. The maximum atomic E-state index is 11.6. The summed E-state index contributed by atoms with van der Waals surface area (Å²) in [7, 11) is 0. The molecule has 0 bridgehead atoms. The smallest absolute Gasteiger partial charge is 0.340 e. The summed E-state index contributed by atoms with van der Waals surface area (Å²) in [5, 5.41) is 2.62. The number of ether oxygens (including phenoxy) is 1. The van der Waals surface area contributed by atoms with Crippen LogP contribution in [-0.4, -0.2) is 24.5 Å². The van der Waals surface area contributed by atoms with Crippen molar-refractivity contribution in [2.45, 2.75) is 19.9 Å². The van der Waals surface area contributed by atoms with E-state index in [1.807, 2.05) is 13.8 Å². The molecule has 3 N–H and O–H groups in total. The summed E-state index contributed by atoms with van der Waals surface area (Å²) in [5.74, 6) is -0.926. The predicted molar refractivity (Wildman–Crippen MR) is 64.4 cm³/mol. The van der Waals surface area contributed by atoms with Crippen molar-refractivity contribution in [1.29, 1.82) is 0 Å². The van der Waals surface area contributed by atoms with Crippen LogP contribution in [0, 0.1) is 0 Å². The molecule has 0 spiro atoms. The summed E-state index contributed by atoms with van der Waals surface area (Å²) >= 11 is 0. The normalized spacial score (nSPS) is 10.1. The maximum Gasteiger partial charge on any atom is 0.340 e. The summed E-state index contributed by atoms with van der Waals surface area (Å²) in [5.41, 5.74) is 6.21. The van der Waals surface area contributed by atoms with Gasteiger partial charge >= 0.3 is 5.97 Å². The molecule has 0 saturated carbocycles. The van der Waals surface area contributed by atoms with Gasteiger partial charge in [-0.15, -0.1) is 0 Å². The standard InChI is InChI=1S/C12H16N2O3/c1-8(2)14-11(15)7-17-12(16)9-5-3-4-6-10(9)13/h3-6,8H,7,13H2,1-2H3,(H,14,15). The van der Waals surface area contributed by atoms with E-state index in [0.29, 0.717) is 5.69 Å². The number of hydrogen-bond donors (Lipinski definition) is 2. The molecule has 17 heavy (non-hydrogen) atoms. The van der Waals surface area contributed by atoms with Crippen molar-refractivity contribution in [2.75, 3.05) is 12.3 Å². The molecule has 5 nitrogen and oxygen atoms in total. The fourth-order valence-corrected chi connectivity index (χ4v) is 1.26. The van der Waals surface area contributed by atoms with Crippen molar-refractivity contribution >= 4 is 17.6 Å². The summed E-state index contributed by atoms with van der Waals surface area (Å²) in [6, 6.07) is 6.57. The zero-order valence-corrected chi connectivity index (χ0v) is 9.90. The number of amides is 1. The number of hydrogen-bond acceptors (Lipinski definition) is 4. The maximum absolute atomic E-state index is 11.6. The number of nitrogens with two attached hydrogens (primary N) is 1. The largest absolute Gasteiger partial charge is 0.452 e. The van der Waals surface area contributed by atoms with Gasteiger partial charge in [0.1, 0.15) is 0 Å². The van der Waals surface area contributed by atoms with E-state index in [-0.39, 0.29) is 24.1 Å². The molecule has 1 aromatic rings. The van der Waals surface area contributed by atoms with E-state index in [1.54, 1.807) is 24.3 Å². The molecule has 0 unspecified atom stereocenters. The van der Waals surface area contributed by atoms with Gasteiger partial charge in [0.25, 0.3) is 5.91 Å². The van der Waals surface area contributed by atoms with Crippen LogP contribution in [0.2, 0.25) is 0 Å². The van der Waals surface area contributed by atoms with Crippen LogP contribution in [-0.2, 0) is 9.53 Å². The molecule has 0 atom stereocenters. The van der Waals surface area contributed by atoms with Crippen LogP contribution in [0.4, 0.5) is 5.69 Å². The summed E-state index contributed by atoms with van der Waals surface area (Å²) in [6.07, 6.45) is 0. The van der Waals surface area contributed by atoms with Gasteiger partial charge in [-0.3, -0.25) is 4.79 Å². The van der Waals surface area contributed by atoms with Crippen molar-refractivity contribution < 1.29 is 14.3 Å². The Morgan fingerprint density at radius 1 is 1.35 bits per heavy atom. The van der Waals surface area contributed by atoms with Crippen LogP contribution in [0.5, 0.6) is 0 Å². The van der Waals surface area contributed by atoms with Gasteiger partial charge < -0.3 is 15.8 Å². The second-order valence-corrected chi connectivity index (χ2v) is 3.89. The molecule has 0 aliphatic heterocycles. The Morgan fingerprint density at radius 3 is 2.59 bits per heavy atom. The van der Waals surface area contributed by atoms with Gasteiger partial charge in [-0.1, -0.05) is 12.1 Å². The van der Waals surface area contributed by atoms with E-state index in [4.69, 9.17) is 10.5 Å². The topological polar surface area (TPSA) is 81.4 Å². The second kappa shape index (κ2) is 5.89. The lowest BCUT2D eigenvalue weighted by molar-refractivity contribution is -0.124. The minimum absolute atomic E-state index is 0.0167. The highest BCUT2D eigenvalue weighted by atomic mass is 16.5. The number of carbonyl (C=O) groups excluding carboxylic acids is 2. The lowest BCUT2D eigenvalue weighted by Crippen LogP contribution is -2.34. The van der Waals surface area contributed by atoms with Crippen molar-refractivity contribution in [3.8, 4) is 0 Å². The average Bonchev–Trinajstić information content (AvgIpc) is 2.25. The quantitative estimate of drug-likeness (QED) is 0.602. The molecule has 0 radical (unpaired) electrons. The molecular weight excluding hydrogens is 220 g/mol. The molecule has 0 saturated heterocycles. The lowest BCUT2D eigenvalue weighted by Gasteiger charge is -2.09.